The topological polar surface area (TPSA) is 38.0 Å². The van der Waals surface area contributed by atoms with Crippen LogP contribution in [0.25, 0.3) is 21.5 Å². The molecule has 6 heteroatoms. The Balaban J connectivity index is 1.98. The predicted molar refractivity (Wildman–Crippen MR) is 115 cm³/mol. The van der Waals surface area contributed by atoms with Crippen LogP contribution in [0.5, 0.6) is 0 Å². The molecule has 0 saturated carbocycles. The summed E-state index contributed by atoms with van der Waals surface area (Å²) in [5.41, 5.74) is 6.67. The van der Waals surface area contributed by atoms with E-state index in [0.29, 0.717) is 5.56 Å². The zero-order valence-corrected chi connectivity index (χ0v) is 16.0. The van der Waals surface area contributed by atoms with E-state index >= 15 is 0 Å². The first-order valence-electron chi connectivity index (χ1n) is 8.98. The standard InChI is InChI=1S/C23H17F3N2S/c24-23(25,26)17-11-9-14(10-12-17)21(28-22(27)29)20-18-7-3-1-5-15(18)13-16-6-2-4-8-19(16)20/h1-13,21H,(H3,27,28,29). The van der Waals surface area contributed by atoms with Gasteiger partial charge in [0.1, 0.15) is 0 Å². The van der Waals surface area contributed by atoms with Crippen molar-refractivity contribution in [3.8, 4) is 0 Å². The van der Waals surface area contributed by atoms with Crippen LogP contribution in [0.15, 0.2) is 78.9 Å². The summed E-state index contributed by atoms with van der Waals surface area (Å²) in [7, 11) is 0. The molecule has 0 saturated heterocycles. The van der Waals surface area contributed by atoms with Crippen LogP contribution in [-0.2, 0) is 6.18 Å². The Morgan fingerprint density at radius 1 is 0.828 bits per heavy atom. The van der Waals surface area contributed by atoms with Crippen molar-refractivity contribution in [3.63, 3.8) is 0 Å². The van der Waals surface area contributed by atoms with Gasteiger partial charge in [0.15, 0.2) is 5.11 Å². The molecule has 3 N–H and O–H groups in total. The van der Waals surface area contributed by atoms with Crippen LogP contribution in [-0.4, -0.2) is 5.11 Å². The molecule has 0 aliphatic carbocycles. The number of rotatable bonds is 3. The Kier molecular flexibility index (Phi) is 4.88. The first-order chi connectivity index (χ1) is 13.8. The molecule has 0 bridgehead atoms. The van der Waals surface area contributed by atoms with Gasteiger partial charge in [0.25, 0.3) is 0 Å². The van der Waals surface area contributed by atoms with Crippen LogP contribution < -0.4 is 11.1 Å². The van der Waals surface area contributed by atoms with Crippen LogP contribution in [0, 0.1) is 0 Å². The lowest BCUT2D eigenvalue weighted by Gasteiger charge is -2.24. The number of nitrogens with two attached hydrogens (primary N) is 1. The lowest BCUT2D eigenvalue weighted by atomic mass is 9.88. The fourth-order valence-electron chi connectivity index (χ4n) is 3.69. The molecule has 4 rings (SSSR count). The Hall–Kier alpha value is -3.12. The van der Waals surface area contributed by atoms with E-state index in [-0.39, 0.29) is 5.11 Å². The quantitative estimate of drug-likeness (QED) is 0.325. The maximum atomic E-state index is 13.0. The monoisotopic (exact) mass is 410 g/mol. The molecule has 1 unspecified atom stereocenters. The maximum Gasteiger partial charge on any atom is 0.416 e. The molecule has 0 radical (unpaired) electrons. The molecular weight excluding hydrogens is 393 g/mol. The van der Waals surface area contributed by atoms with Crippen LogP contribution in [0.2, 0.25) is 0 Å². The van der Waals surface area contributed by atoms with E-state index < -0.39 is 17.8 Å². The summed E-state index contributed by atoms with van der Waals surface area (Å²) in [4.78, 5) is 0. The highest BCUT2D eigenvalue weighted by Gasteiger charge is 2.30. The summed E-state index contributed by atoms with van der Waals surface area (Å²) in [6, 6.07) is 22.5. The van der Waals surface area contributed by atoms with Crippen LogP contribution in [0.4, 0.5) is 13.2 Å². The minimum absolute atomic E-state index is 0.0758. The second-order valence-corrected chi connectivity index (χ2v) is 7.23. The lowest BCUT2D eigenvalue weighted by Crippen LogP contribution is -2.33. The van der Waals surface area contributed by atoms with E-state index in [2.05, 4.69) is 11.4 Å². The number of nitrogens with one attached hydrogen (secondary N) is 1. The predicted octanol–water partition coefficient (Wildman–Crippen LogP) is 5.93. The number of hydrogen-bond acceptors (Lipinski definition) is 1. The molecule has 0 aromatic heterocycles. The second kappa shape index (κ2) is 7.37. The molecule has 4 aromatic rings. The number of alkyl halides is 3. The Morgan fingerprint density at radius 2 is 1.34 bits per heavy atom. The third-order valence-electron chi connectivity index (χ3n) is 4.96. The summed E-state index contributed by atoms with van der Waals surface area (Å²) >= 11 is 5.09. The highest BCUT2D eigenvalue weighted by Crippen LogP contribution is 2.37. The van der Waals surface area contributed by atoms with Crippen molar-refractivity contribution in [2.24, 2.45) is 5.73 Å². The molecule has 0 heterocycles. The van der Waals surface area contributed by atoms with Gasteiger partial charge in [-0.15, -0.1) is 0 Å². The Bertz CT molecular complexity index is 1150. The van der Waals surface area contributed by atoms with Gasteiger partial charge in [-0.3, -0.25) is 0 Å². The number of thiocarbonyl (C=S) groups is 1. The van der Waals surface area contributed by atoms with E-state index in [1.54, 1.807) is 0 Å². The molecular formula is C23H17F3N2S. The van der Waals surface area contributed by atoms with Gasteiger partial charge in [-0.1, -0.05) is 60.7 Å². The van der Waals surface area contributed by atoms with Gasteiger partial charge in [0.05, 0.1) is 11.6 Å². The van der Waals surface area contributed by atoms with Crippen molar-refractivity contribution in [1.29, 1.82) is 0 Å². The van der Waals surface area contributed by atoms with Crippen molar-refractivity contribution >= 4 is 38.9 Å². The SMILES string of the molecule is NC(=S)NC(c1ccc(C(F)(F)F)cc1)c1c2ccccc2cc2ccccc12. The molecule has 146 valence electrons. The molecule has 0 spiro atoms. The third kappa shape index (κ3) is 3.76. The van der Waals surface area contributed by atoms with E-state index in [9.17, 15) is 13.2 Å². The minimum Gasteiger partial charge on any atom is -0.376 e. The van der Waals surface area contributed by atoms with Gasteiger partial charge in [0, 0.05) is 0 Å². The van der Waals surface area contributed by atoms with E-state index in [1.807, 2.05) is 48.5 Å². The van der Waals surface area contributed by atoms with Crippen molar-refractivity contribution in [2.45, 2.75) is 12.2 Å². The normalized spacial score (nSPS) is 12.8. The van der Waals surface area contributed by atoms with Gasteiger partial charge in [-0.25, -0.2) is 0 Å². The largest absolute Gasteiger partial charge is 0.416 e. The van der Waals surface area contributed by atoms with Gasteiger partial charge in [0.2, 0.25) is 0 Å². The summed E-state index contributed by atoms with van der Waals surface area (Å²) in [6.45, 7) is 0. The average Bonchev–Trinajstić information content (AvgIpc) is 2.70. The van der Waals surface area contributed by atoms with Crippen molar-refractivity contribution in [1.82, 2.24) is 5.32 Å². The molecule has 29 heavy (non-hydrogen) atoms. The van der Waals surface area contributed by atoms with Gasteiger partial charge >= 0.3 is 6.18 Å². The van der Waals surface area contributed by atoms with Crippen LogP contribution >= 0.6 is 12.2 Å². The summed E-state index contributed by atoms with van der Waals surface area (Å²) in [5, 5.41) is 7.19. The molecule has 2 nitrogen and oxygen atoms in total. The molecule has 1 atom stereocenters. The molecule has 0 amide bonds. The molecule has 0 aliphatic heterocycles. The molecule has 0 aliphatic rings. The first-order valence-corrected chi connectivity index (χ1v) is 9.39. The van der Waals surface area contributed by atoms with Crippen molar-refractivity contribution in [3.05, 3.63) is 95.6 Å². The van der Waals surface area contributed by atoms with Crippen molar-refractivity contribution < 1.29 is 13.2 Å². The second-order valence-electron chi connectivity index (χ2n) is 6.79. The van der Waals surface area contributed by atoms with Crippen LogP contribution in [0.1, 0.15) is 22.7 Å². The minimum atomic E-state index is -4.39. The fraction of sp³-hybridized carbons (Fsp3) is 0.0870. The Labute approximate surface area is 171 Å². The first kappa shape index (κ1) is 19.2. The number of halogens is 3. The highest BCUT2D eigenvalue weighted by molar-refractivity contribution is 7.80. The maximum absolute atomic E-state index is 13.0. The third-order valence-corrected chi connectivity index (χ3v) is 5.08. The zero-order chi connectivity index (χ0) is 20.6. The van der Waals surface area contributed by atoms with E-state index in [0.717, 1.165) is 39.2 Å². The fourth-order valence-corrected chi connectivity index (χ4v) is 3.81. The summed E-state index contributed by atoms with van der Waals surface area (Å²) < 4.78 is 39.0. The van der Waals surface area contributed by atoms with Gasteiger partial charge in [-0.2, -0.15) is 13.2 Å². The molecule has 0 fully saturated rings. The number of fused-ring (bicyclic) bond motifs is 2. The van der Waals surface area contributed by atoms with Crippen LogP contribution in [0.3, 0.4) is 0 Å². The lowest BCUT2D eigenvalue weighted by molar-refractivity contribution is -0.137. The number of benzene rings is 4. The smallest absolute Gasteiger partial charge is 0.376 e. The summed E-state index contributed by atoms with van der Waals surface area (Å²) in [5.74, 6) is 0. The zero-order valence-electron chi connectivity index (χ0n) is 15.2. The van der Waals surface area contributed by atoms with E-state index in [4.69, 9.17) is 18.0 Å². The average molecular weight is 410 g/mol. The van der Waals surface area contributed by atoms with Gasteiger partial charge in [-0.05, 0) is 63.1 Å². The molecule has 4 aromatic carbocycles. The van der Waals surface area contributed by atoms with Crippen molar-refractivity contribution in [2.75, 3.05) is 0 Å². The van der Waals surface area contributed by atoms with E-state index in [1.165, 1.54) is 12.1 Å². The highest BCUT2D eigenvalue weighted by atomic mass is 32.1. The van der Waals surface area contributed by atoms with Gasteiger partial charge < -0.3 is 11.1 Å². The summed E-state index contributed by atoms with van der Waals surface area (Å²) in [6.07, 6.45) is -4.39. The number of hydrogen-bond donors (Lipinski definition) is 2. The Morgan fingerprint density at radius 3 is 1.83 bits per heavy atom.